The maximum absolute atomic E-state index is 9.49. The third kappa shape index (κ3) is 157. The second-order valence-electron chi connectivity index (χ2n) is 12.7. The predicted octanol–water partition coefficient (Wildman–Crippen LogP) is -6.56. The van der Waals surface area contributed by atoms with Gasteiger partial charge in [0.05, 0.1) is 59.7 Å². The van der Waals surface area contributed by atoms with Gasteiger partial charge in [-0.1, -0.05) is 77.9 Å². The van der Waals surface area contributed by atoms with Crippen LogP contribution in [0.15, 0.2) is 183 Å². The Morgan fingerprint density at radius 2 is 0.308 bits per heavy atom. The Balaban J connectivity index is -0.0000000381. The van der Waals surface area contributed by atoms with Gasteiger partial charge in [0.25, 0.3) is 0 Å². The van der Waals surface area contributed by atoms with Crippen molar-refractivity contribution in [3.05, 3.63) is 183 Å². The maximum atomic E-state index is 9.49. The summed E-state index contributed by atoms with van der Waals surface area (Å²) >= 11 is 0. The minimum atomic E-state index is -1.19. The summed E-state index contributed by atoms with van der Waals surface area (Å²) in [7, 11) is 0. The fourth-order valence-corrected chi connectivity index (χ4v) is 0.625. The van der Waals surface area contributed by atoms with Crippen LogP contribution >= 0.6 is 0 Å². The van der Waals surface area contributed by atoms with Crippen molar-refractivity contribution in [1.29, 1.82) is 0 Å². The van der Waals surface area contributed by atoms with Crippen molar-refractivity contribution in [2.45, 2.75) is 69.2 Å². The van der Waals surface area contributed by atoms with Gasteiger partial charge in [0.1, 0.15) is 0 Å². The Morgan fingerprint density at radius 3 is 0.321 bits per heavy atom. The predicted molar refractivity (Wildman–Crippen MR) is 256 cm³/mol. The first-order valence-corrected chi connectivity index (χ1v) is 18.8. The fourth-order valence-electron chi connectivity index (χ4n) is 0.625. The molecule has 2 aromatic heterocycles. The summed E-state index contributed by atoms with van der Waals surface area (Å²) in [6, 6.07) is 11.4. The van der Waals surface area contributed by atoms with Crippen LogP contribution in [0.4, 0.5) is 0 Å². The second-order valence-corrected chi connectivity index (χ2v) is 12.7. The number of pyridine rings is 2. The zero-order valence-electron chi connectivity index (χ0n) is 45.5. The average molecular weight is 1460 g/mol. The van der Waals surface area contributed by atoms with Gasteiger partial charge >= 0.3 is 122 Å². The summed E-state index contributed by atoms with van der Waals surface area (Å²) in [5.74, 6) is -11.9. The van der Waals surface area contributed by atoms with E-state index in [1.807, 2.05) is 36.4 Å². The first-order chi connectivity index (χ1) is 32.4. The van der Waals surface area contributed by atoms with Crippen LogP contribution in [0, 0.1) is 83.5 Å². The molecule has 0 aliphatic rings. The first-order valence-electron chi connectivity index (χ1n) is 18.8. The summed E-state index contributed by atoms with van der Waals surface area (Å²) in [6.45, 7) is 44.8. The Morgan fingerprint density at radius 1 is 0.244 bits per heavy atom. The number of carboxylic acid groups (broad SMARTS) is 10. The maximum Gasteiger partial charge on any atom is 3.00 e. The van der Waals surface area contributed by atoms with Crippen LogP contribution in [0.3, 0.4) is 0 Å². The van der Waals surface area contributed by atoms with Gasteiger partial charge in [-0.25, -0.2) is 0 Å². The van der Waals surface area contributed by atoms with E-state index in [1.165, 1.54) is 69.2 Å². The molecule has 0 atom stereocenters. The van der Waals surface area contributed by atoms with Crippen molar-refractivity contribution >= 4 is 59.7 Å². The molecule has 6 N–H and O–H groups in total. The molecule has 28 heteroatoms. The molecule has 2 rings (SSSR count). The summed E-state index contributed by atoms with van der Waals surface area (Å²) in [5.41, 5.74) is 0.648. The Hall–Kier alpha value is -5.68. The summed E-state index contributed by atoms with van der Waals surface area (Å²) in [5, 5.41) is 94.9. The SMILES string of the molecule is C=C(C)C(=O)[O-].C=C(C)C(=O)[O-].C=C(C)C(=O)[O-].C=C(C)C(=O)[O-].C=C(C)C(=O)[O-].C=C(C)C(=O)[O-].C=C(C)C(=O)[O-].C=C(C)C(=O)[O-].C=C(C)C(=O)[O-].C=C(C)C(=O)[O-].[Ce+3].[Ce+3].[OH3+].[OH3+].[Zn+2].[Zn+2].c1ccncc1.c1ccncc1. The van der Waals surface area contributed by atoms with Crippen molar-refractivity contribution in [2.24, 2.45) is 0 Å². The van der Waals surface area contributed by atoms with E-state index in [0.29, 0.717) is 0 Å². The molecular weight excluding hydrogens is 1390 g/mol. The summed E-state index contributed by atoms with van der Waals surface area (Å²) in [4.78, 5) is 102. The number of rotatable bonds is 10. The minimum absolute atomic E-state index is 0. The van der Waals surface area contributed by atoms with Gasteiger partial charge < -0.3 is 110 Å². The van der Waals surface area contributed by atoms with Crippen LogP contribution in [-0.4, -0.2) is 69.7 Å². The molecule has 0 unspecified atom stereocenters. The van der Waals surface area contributed by atoms with E-state index in [-0.39, 0.29) is 189 Å². The van der Waals surface area contributed by atoms with E-state index in [0.717, 1.165) is 0 Å². The average Bonchev–Trinajstić information content (AvgIpc) is 3.27. The van der Waals surface area contributed by atoms with Crippen LogP contribution in [0.5, 0.6) is 0 Å². The van der Waals surface area contributed by atoms with Gasteiger partial charge in [-0.3, -0.25) is 9.97 Å². The molecule has 418 valence electrons. The summed E-state index contributed by atoms with van der Waals surface area (Å²) in [6.07, 6.45) is 7.00. The van der Waals surface area contributed by atoms with Crippen molar-refractivity contribution in [3.8, 4) is 0 Å². The van der Waals surface area contributed by atoms with Crippen LogP contribution in [-0.2, 0) is 97.9 Å². The van der Waals surface area contributed by atoms with Gasteiger partial charge in [-0.05, 0) is 149 Å². The largest absolute Gasteiger partial charge is 3.00 e. The molecule has 0 aliphatic carbocycles. The quantitative estimate of drug-likeness (QED) is 0.121. The van der Waals surface area contributed by atoms with E-state index < -0.39 is 59.7 Å². The molecule has 24 nitrogen and oxygen atoms in total. The second kappa shape index (κ2) is 80.2. The molecule has 0 amide bonds. The molecule has 0 spiro atoms. The number of carbonyl (C=O) groups excluding carboxylic acids is 10. The normalized spacial score (nSPS) is 7.00. The number of nitrogens with zero attached hydrogens (tertiary/aromatic N) is 2. The monoisotopic (exact) mass is 1450 g/mol. The minimum Gasteiger partial charge on any atom is -0.545 e. The molecule has 0 bridgehead atoms. The van der Waals surface area contributed by atoms with Crippen LogP contribution in [0.1, 0.15) is 69.2 Å². The number of aliphatic carboxylic acids is 10. The number of hydrogen-bond acceptors (Lipinski definition) is 22. The number of carboxylic acids is 10. The Kier molecular flexibility index (Phi) is 119. The fraction of sp³-hybridized carbons (Fsp3) is 0.200. The van der Waals surface area contributed by atoms with Crippen molar-refractivity contribution < 1.29 is 232 Å². The van der Waals surface area contributed by atoms with Crippen LogP contribution in [0.2, 0.25) is 0 Å². The zero-order valence-corrected chi connectivity index (χ0v) is 57.7. The van der Waals surface area contributed by atoms with Crippen molar-refractivity contribution in [2.75, 3.05) is 0 Å². The smallest absolute Gasteiger partial charge is 0.545 e. The molecule has 0 aliphatic heterocycles. The Labute approximate surface area is 548 Å². The van der Waals surface area contributed by atoms with Crippen LogP contribution in [0.25, 0.3) is 0 Å². The first kappa shape index (κ1) is 116. The standard InChI is InChI=1S/2C5H5N.10C4H6O2.2Ce.2H2O.2Zn/c2*1-2-4-6-5-3-1;10*1-3(2)4(5)6;;;;;;/h2*1-5H;10*1H2,2H3,(H,5,6);;;2*1H2;;/q;;;;;;;;;;;;2*+3;;;2*+2/p-8. The van der Waals surface area contributed by atoms with Gasteiger partial charge in [0.15, 0.2) is 0 Å². The number of hydrogen-bond donors (Lipinski definition) is 0. The molecule has 78 heavy (non-hydrogen) atoms. The van der Waals surface area contributed by atoms with Crippen molar-refractivity contribution in [3.63, 3.8) is 0 Å². The molecule has 0 fully saturated rings. The molecule has 2 radical (unpaired) electrons. The number of aromatic nitrogens is 2. The van der Waals surface area contributed by atoms with Gasteiger partial charge in [-0.15, -0.1) is 0 Å². The molecule has 2 heterocycles. The van der Waals surface area contributed by atoms with Crippen LogP contribution < -0.4 is 51.1 Å². The molecular formula is C50H66Ce2N2O22Zn2+2. The van der Waals surface area contributed by atoms with E-state index >= 15 is 0 Å². The number of carbonyl (C=O) groups is 10. The molecule has 0 saturated heterocycles. The van der Waals surface area contributed by atoms with E-state index in [9.17, 15) is 99.0 Å². The Bertz CT molecular complexity index is 1560. The molecule has 2 aromatic rings. The van der Waals surface area contributed by atoms with E-state index in [4.69, 9.17) is 0 Å². The third-order valence-electron chi connectivity index (χ3n) is 4.62. The van der Waals surface area contributed by atoms with Gasteiger partial charge in [0.2, 0.25) is 0 Å². The third-order valence-corrected chi connectivity index (χ3v) is 4.62. The topological polar surface area (TPSA) is 493 Å². The van der Waals surface area contributed by atoms with E-state index in [1.54, 1.807) is 24.8 Å². The molecule has 0 aromatic carbocycles. The zero-order chi connectivity index (χ0) is 60.0. The van der Waals surface area contributed by atoms with Crippen molar-refractivity contribution in [1.82, 2.24) is 9.97 Å². The van der Waals surface area contributed by atoms with Gasteiger partial charge in [-0.2, -0.15) is 0 Å². The molecule has 0 saturated carbocycles. The summed E-state index contributed by atoms with van der Waals surface area (Å²) < 4.78 is 0. The van der Waals surface area contributed by atoms with Gasteiger partial charge in [0, 0.05) is 24.8 Å². The van der Waals surface area contributed by atoms with E-state index in [2.05, 4.69) is 75.8 Å².